The average molecular weight is 627 g/mol. The Kier molecular flexibility index (Phi) is 11.4. The summed E-state index contributed by atoms with van der Waals surface area (Å²) in [6.45, 7) is 3.96. The van der Waals surface area contributed by atoms with E-state index in [0.29, 0.717) is 29.5 Å². The maximum absolute atomic E-state index is 13.2. The monoisotopic (exact) mass is 626 g/mol. The van der Waals surface area contributed by atoms with E-state index in [-0.39, 0.29) is 24.6 Å². The molecule has 0 bridgehead atoms. The minimum Gasteiger partial charge on any atom is -0.493 e. The fraction of sp³-hybridized carbons (Fsp3) is 0.273. The smallest absolute Gasteiger partial charge is 0.324 e. The first-order valence-electron chi connectivity index (χ1n) is 14.8. The van der Waals surface area contributed by atoms with Crippen LogP contribution in [0.5, 0.6) is 5.75 Å². The molecule has 13 nitrogen and oxygen atoms in total. The zero-order valence-electron chi connectivity index (χ0n) is 26.2. The molecule has 0 radical (unpaired) electrons. The van der Waals surface area contributed by atoms with Crippen LogP contribution in [0.4, 0.5) is 16.3 Å². The molecular formula is C33H38N8O5. The summed E-state index contributed by atoms with van der Waals surface area (Å²) in [6.07, 6.45) is 4.25. The third-order valence-electron chi connectivity index (χ3n) is 6.96. The van der Waals surface area contributed by atoms with E-state index < -0.39 is 23.8 Å². The molecule has 0 saturated heterocycles. The van der Waals surface area contributed by atoms with Crippen LogP contribution in [0.3, 0.4) is 0 Å². The van der Waals surface area contributed by atoms with Gasteiger partial charge in [-0.25, -0.2) is 9.48 Å². The summed E-state index contributed by atoms with van der Waals surface area (Å²) in [5.74, 6) is -0.0855. The topological polar surface area (TPSA) is 160 Å². The number of nitrogens with one attached hydrogen (secondary N) is 4. The Bertz CT molecular complexity index is 1620. The molecule has 46 heavy (non-hydrogen) atoms. The molecular weight excluding hydrogens is 588 g/mol. The number of rotatable bonds is 13. The molecule has 2 aromatic carbocycles. The number of anilines is 2. The summed E-state index contributed by atoms with van der Waals surface area (Å²) in [4.78, 5) is 55.3. The summed E-state index contributed by atoms with van der Waals surface area (Å²) in [5, 5.41) is 15.3. The number of pyridine rings is 1. The summed E-state index contributed by atoms with van der Waals surface area (Å²) < 4.78 is 7.40. The molecule has 0 aliphatic heterocycles. The van der Waals surface area contributed by atoms with Crippen molar-refractivity contribution in [1.82, 2.24) is 30.3 Å². The van der Waals surface area contributed by atoms with E-state index in [1.807, 2.05) is 26.0 Å². The Morgan fingerprint density at radius 3 is 2.07 bits per heavy atom. The number of carbonyl (C=O) groups is 4. The lowest BCUT2D eigenvalue weighted by Gasteiger charge is -2.21. The van der Waals surface area contributed by atoms with E-state index in [4.69, 9.17) is 4.74 Å². The van der Waals surface area contributed by atoms with E-state index in [1.54, 1.807) is 71.7 Å². The second kappa shape index (κ2) is 15.8. The zero-order chi connectivity index (χ0) is 33.1. The first kappa shape index (κ1) is 33.2. The van der Waals surface area contributed by atoms with Crippen LogP contribution in [0.2, 0.25) is 0 Å². The van der Waals surface area contributed by atoms with E-state index in [9.17, 15) is 19.2 Å². The number of benzene rings is 2. The van der Waals surface area contributed by atoms with Crippen molar-refractivity contribution in [3.63, 3.8) is 0 Å². The highest BCUT2D eigenvalue weighted by molar-refractivity contribution is 6.00. The van der Waals surface area contributed by atoms with Crippen molar-refractivity contribution in [3.05, 3.63) is 95.9 Å². The SMILES string of the molecule is CNC(=O)CN(CC(=O)NC)C(=O)c1ccc(-n2nc(C(C)C)cc2NC(=O)Nc2ccc(OCCc3ccncc3)cc2)cc1. The fourth-order valence-corrected chi connectivity index (χ4v) is 4.35. The van der Waals surface area contributed by atoms with Crippen molar-refractivity contribution in [2.24, 2.45) is 0 Å². The number of ether oxygens (including phenoxy) is 1. The molecule has 2 aromatic heterocycles. The van der Waals surface area contributed by atoms with Crippen LogP contribution in [0.1, 0.15) is 41.4 Å². The van der Waals surface area contributed by atoms with Gasteiger partial charge in [-0.05, 0) is 72.1 Å². The molecule has 0 aliphatic rings. The first-order chi connectivity index (χ1) is 22.2. The minimum absolute atomic E-state index is 0.0831. The Hall–Kier alpha value is -5.72. The molecule has 0 spiro atoms. The summed E-state index contributed by atoms with van der Waals surface area (Å²) in [6, 6.07) is 18.8. The van der Waals surface area contributed by atoms with Gasteiger partial charge in [0, 0.05) is 50.2 Å². The molecule has 0 unspecified atom stereocenters. The maximum Gasteiger partial charge on any atom is 0.324 e. The maximum atomic E-state index is 13.2. The highest BCUT2D eigenvalue weighted by Gasteiger charge is 2.22. The highest BCUT2D eigenvalue weighted by Crippen LogP contribution is 2.23. The van der Waals surface area contributed by atoms with Crippen molar-refractivity contribution >= 4 is 35.3 Å². The quantitative estimate of drug-likeness (QED) is 0.176. The Morgan fingerprint density at radius 2 is 1.48 bits per heavy atom. The zero-order valence-corrected chi connectivity index (χ0v) is 26.2. The number of hydrogen-bond acceptors (Lipinski definition) is 7. The fourth-order valence-electron chi connectivity index (χ4n) is 4.35. The molecule has 2 heterocycles. The van der Waals surface area contributed by atoms with Crippen molar-refractivity contribution in [2.45, 2.75) is 26.2 Å². The molecule has 13 heteroatoms. The molecule has 4 rings (SSSR count). The summed E-state index contributed by atoms with van der Waals surface area (Å²) >= 11 is 0. The van der Waals surface area contributed by atoms with Gasteiger partial charge in [-0.2, -0.15) is 5.10 Å². The molecule has 0 atom stereocenters. The van der Waals surface area contributed by atoms with Crippen LogP contribution in [0, 0.1) is 0 Å². The second-order valence-corrected chi connectivity index (χ2v) is 10.6. The summed E-state index contributed by atoms with van der Waals surface area (Å²) in [7, 11) is 2.92. The van der Waals surface area contributed by atoms with E-state index in [0.717, 1.165) is 22.6 Å². The lowest BCUT2D eigenvalue weighted by atomic mass is 10.1. The van der Waals surface area contributed by atoms with Crippen LogP contribution in [0.25, 0.3) is 5.69 Å². The van der Waals surface area contributed by atoms with Crippen molar-refractivity contribution in [3.8, 4) is 11.4 Å². The van der Waals surface area contributed by atoms with Crippen LogP contribution < -0.4 is 26.0 Å². The lowest BCUT2D eigenvalue weighted by Crippen LogP contribution is -2.44. The Morgan fingerprint density at radius 1 is 0.848 bits per heavy atom. The molecule has 0 fully saturated rings. The van der Waals surface area contributed by atoms with Crippen molar-refractivity contribution < 1.29 is 23.9 Å². The van der Waals surface area contributed by atoms with Gasteiger partial charge < -0.3 is 25.6 Å². The largest absolute Gasteiger partial charge is 0.493 e. The Labute approximate surface area is 267 Å². The predicted octanol–water partition coefficient (Wildman–Crippen LogP) is 3.59. The van der Waals surface area contributed by atoms with Crippen LogP contribution in [-0.2, 0) is 16.0 Å². The van der Waals surface area contributed by atoms with Gasteiger partial charge in [-0.3, -0.25) is 24.7 Å². The number of urea groups is 1. The van der Waals surface area contributed by atoms with Gasteiger partial charge in [0.2, 0.25) is 11.8 Å². The molecule has 4 N–H and O–H groups in total. The van der Waals surface area contributed by atoms with E-state index >= 15 is 0 Å². The lowest BCUT2D eigenvalue weighted by molar-refractivity contribution is -0.123. The summed E-state index contributed by atoms with van der Waals surface area (Å²) in [5.41, 5.74) is 3.35. The number of aromatic nitrogens is 3. The predicted molar refractivity (Wildman–Crippen MR) is 174 cm³/mol. The standard InChI is InChI=1S/C33H38N8O5/c1-22(2)28-19-29(38-33(45)37-25-7-11-27(12-8-25)46-18-15-23-13-16-36-17-14-23)41(39-28)26-9-5-24(6-10-26)32(44)40(20-30(42)34-3)21-31(43)35-4/h5-14,16-17,19,22H,15,18,20-21H2,1-4H3,(H,34,42)(H,35,43)(H2,37,38,45). The van der Waals surface area contributed by atoms with Crippen molar-refractivity contribution in [2.75, 3.05) is 44.4 Å². The number of amides is 5. The van der Waals surface area contributed by atoms with Gasteiger partial charge in [0.25, 0.3) is 5.91 Å². The van der Waals surface area contributed by atoms with Crippen LogP contribution in [0.15, 0.2) is 79.1 Å². The highest BCUT2D eigenvalue weighted by atomic mass is 16.5. The van der Waals surface area contributed by atoms with Gasteiger partial charge in [0.15, 0.2) is 0 Å². The van der Waals surface area contributed by atoms with Crippen molar-refractivity contribution in [1.29, 1.82) is 0 Å². The van der Waals surface area contributed by atoms with Gasteiger partial charge in [0.05, 0.1) is 18.0 Å². The van der Waals surface area contributed by atoms with Crippen LogP contribution >= 0.6 is 0 Å². The molecule has 4 aromatic rings. The van der Waals surface area contributed by atoms with Gasteiger partial charge in [0.1, 0.15) is 24.7 Å². The van der Waals surface area contributed by atoms with E-state index in [2.05, 4.69) is 31.3 Å². The molecule has 0 aliphatic carbocycles. The van der Waals surface area contributed by atoms with Gasteiger partial charge >= 0.3 is 6.03 Å². The number of nitrogens with zero attached hydrogens (tertiary/aromatic N) is 4. The number of likely N-dealkylation sites (N-methyl/N-ethyl adjacent to an activating group) is 2. The first-order valence-corrected chi connectivity index (χ1v) is 14.8. The molecule has 5 amide bonds. The molecule has 240 valence electrons. The minimum atomic E-state index is -0.482. The normalized spacial score (nSPS) is 10.6. The van der Waals surface area contributed by atoms with E-state index in [1.165, 1.54) is 14.1 Å². The van der Waals surface area contributed by atoms with Gasteiger partial charge in [-0.15, -0.1) is 0 Å². The number of hydrogen-bond donors (Lipinski definition) is 4. The third kappa shape index (κ3) is 9.14. The number of carbonyl (C=O) groups excluding carboxylic acids is 4. The third-order valence-corrected chi connectivity index (χ3v) is 6.96. The second-order valence-electron chi connectivity index (χ2n) is 10.6. The van der Waals surface area contributed by atoms with Gasteiger partial charge in [-0.1, -0.05) is 13.8 Å². The average Bonchev–Trinajstić information content (AvgIpc) is 3.49. The van der Waals surface area contributed by atoms with Crippen LogP contribution in [-0.4, -0.2) is 77.2 Å². The molecule has 0 saturated carbocycles. The Balaban J connectivity index is 1.42.